The van der Waals surface area contributed by atoms with Gasteiger partial charge in [0.05, 0.1) is 11.3 Å². The van der Waals surface area contributed by atoms with Crippen molar-refractivity contribution in [1.29, 1.82) is 5.26 Å². The van der Waals surface area contributed by atoms with Crippen molar-refractivity contribution >= 4 is 29.5 Å². The Morgan fingerprint density at radius 3 is 2.53 bits per heavy atom. The molecule has 0 amide bonds. The molecule has 34 heavy (non-hydrogen) atoms. The number of nitrogens with zero attached hydrogens (tertiary/aromatic N) is 2. The van der Waals surface area contributed by atoms with E-state index in [1.54, 1.807) is 11.8 Å². The Morgan fingerprint density at radius 1 is 1.21 bits per heavy atom. The van der Waals surface area contributed by atoms with Crippen molar-refractivity contribution in [2.45, 2.75) is 70.9 Å². The van der Waals surface area contributed by atoms with E-state index in [9.17, 15) is 10.1 Å². The van der Waals surface area contributed by atoms with Crippen molar-refractivity contribution in [3.8, 4) is 11.8 Å². The van der Waals surface area contributed by atoms with Crippen LogP contribution in [0.3, 0.4) is 0 Å². The smallest absolute Gasteiger partial charge is 0.316 e. The number of aryl methyl sites for hydroxylation is 2. The summed E-state index contributed by atoms with van der Waals surface area (Å²) in [5.41, 5.74) is 3.52. The quantitative estimate of drug-likeness (QED) is 0.187. The van der Waals surface area contributed by atoms with Gasteiger partial charge in [-0.1, -0.05) is 58.0 Å². The Hall–Kier alpha value is -2.17. The predicted molar refractivity (Wildman–Crippen MR) is 142 cm³/mol. The van der Waals surface area contributed by atoms with Crippen LogP contribution in [-0.2, 0) is 14.9 Å². The molecule has 0 aliphatic carbocycles. The third kappa shape index (κ3) is 9.23. The second kappa shape index (κ2) is 13.7. The zero-order valence-electron chi connectivity index (χ0n) is 21.1. The summed E-state index contributed by atoms with van der Waals surface area (Å²) in [6.07, 6.45) is 1.92. The van der Waals surface area contributed by atoms with Gasteiger partial charge in [0.1, 0.15) is 29.6 Å². The molecule has 5 nitrogen and oxygen atoms in total. The Bertz CT molecular complexity index is 979. The molecule has 0 saturated carbocycles. The highest BCUT2D eigenvalue weighted by molar-refractivity contribution is 8.00. The van der Waals surface area contributed by atoms with Crippen LogP contribution < -0.4 is 4.74 Å². The van der Waals surface area contributed by atoms with Gasteiger partial charge in [0.2, 0.25) is 0 Å². The van der Waals surface area contributed by atoms with Crippen molar-refractivity contribution < 1.29 is 14.3 Å². The maximum Gasteiger partial charge on any atom is 0.316 e. The fourth-order valence-corrected chi connectivity index (χ4v) is 5.18. The summed E-state index contributed by atoms with van der Waals surface area (Å²) >= 11 is 3.02. The van der Waals surface area contributed by atoms with Gasteiger partial charge in [-0.25, -0.2) is 4.98 Å². The summed E-state index contributed by atoms with van der Waals surface area (Å²) in [6, 6.07) is 12.1. The van der Waals surface area contributed by atoms with Gasteiger partial charge in [0.15, 0.2) is 0 Å². The molecule has 0 spiro atoms. The minimum atomic E-state index is -0.347. The number of pyridine rings is 1. The zero-order valence-corrected chi connectivity index (χ0v) is 22.8. The fourth-order valence-electron chi connectivity index (χ4n) is 3.21. The molecular weight excluding hydrogens is 464 g/mol. The van der Waals surface area contributed by atoms with Crippen LogP contribution in [0.5, 0.6) is 5.75 Å². The van der Waals surface area contributed by atoms with Gasteiger partial charge in [-0.15, -0.1) is 0 Å². The number of esters is 1. The molecule has 1 aromatic carbocycles. The first-order valence-corrected chi connectivity index (χ1v) is 13.8. The second-order valence-electron chi connectivity index (χ2n) is 9.29. The molecule has 1 atom stereocenters. The number of rotatable bonds is 12. The molecule has 0 aliphatic heterocycles. The maximum atomic E-state index is 12.6. The largest absolute Gasteiger partial charge is 0.490 e. The molecule has 0 radical (unpaired) electrons. The molecule has 1 aromatic heterocycles. The summed E-state index contributed by atoms with van der Waals surface area (Å²) in [6.45, 7) is 12.8. The van der Waals surface area contributed by atoms with E-state index in [0.717, 1.165) is 35.6 Å². The fraction of sp³-hybridized carbons (Fsp3) is 0.519. The molecule has 1 unspecified atom stereocenters. The van der Waals surface area contributed by atoms with Crippen molar-refractivity contribution in [1.82, 2.24) is 4.98 Å². The van der Waals surface area contributed by atoms with Gasteiger partial charge in [-0.2, -0.15) is 17.0 Å². The summed E-state index contributed by atoms with van der Waals surface area (Å²) < 4.78 is 11.7. The van der Waals surface area contributed by atoms with Crippen molar-refractivity contribution in [2.75, 3.05) is 23.9 Å². The SMILES string of the molecule is CCCCSCC(COc1ccc(C(C)(C)C)cc1)OC(=O)CSc1nc(C)cc(C)c1C#N. The number of carbonyl (C=O) groups excluding carboxylic acids is 1. The molecule has 0 bridgehead atoms. The predicted octanol–water partition coefficient (Wildman–Crippen LogP) is 6.48. The average molecular weight is 501 g/mol. The van der Waals surface area contributed by atoms with Crippen LogP contribution in [0.15, 0.2) is 35.4 Å². The summed E-state index contributed by atoms with van der Waals surface area (Å²) in [5, 5.41) is 10.0. The van der Waals surface area contributed by atoms with Crippen LogP contribution >= 0.6 is 23.5 Å². The first-order valence-electron chi connectivity index (χ1n) is 11.7. The molecular formula is C27H36N2O3S2. The number of nitriles is 1. The number of carbonyl (C=O) groups is 1. The lowest BCUT2D eigenvalue weighted by molar-refractivity contribution is -0.145. The highest BCUT2D eigenvalue weighted by Gasteiger charge is 2.19. The van der Waals surface area contributed by atoms with Gasteiger partial charge < -0.3 is 9.47 Å². The Balaban J connectivity index is 1.97. The summed E-state index contributed by atoms with van der Waals surface area (Å²) in [7, 11) is 0. The average Bonchev–Trinajstić information content (AvgIpc) is 2.78. The highest BCUT2D eigenvalue weighted by Crippen LogP contribution is 2.25. The van der Waals surface area contributed by atoms with Crippen LogP contribution in [0.4, 0.5) is 0 Å². The van der Waals surface area contributed by atoms with Crippen LogP contribution in [-0.4, -0.2) is 40.9 Å². The Labute approximate surface area is 213 Å². The molecule has 7 heteroatoms. The van der Waals surface area contributed by atoms with E-state index < -0.39 is 0 Å². The van der Waals surface area contributed by atoms with E-state index in [1.807, 2.05) is 32.0 Å². The monoisotopic (exact) mass is 500 g/mol. The lowest BCUT2D eigenvalue weighted by Gasteiger charge is -2.21. The van der Waals surface area contributed by atoms with E-state index in [2.05, 4.69) is 50.9 Å². The number of unbranched alkanes of at least 4 members (excludes halogenated alkanes) is 1. The van der Waals surface area contributed by atoms with Gasteiger partial charge >= 0.3 is 5.97 Å². The molecule has 1 heterocycles. The van der Waals surface area contributed by atoms with E-state index in [0.29, 0.717) is 22.9 Å². The van der Waals surface area contributed by atoms with Crippen LogP contribution in [0.25, 0.3) is 0 Å². The number of hydrogen-bond acceptors (Lipinski definition) is 7. The van der Waals surface area contributed by atoms with E-state index in [-0.39, 0.29) is 23.2 Å². The lowest BCUT2D eigenvalue weighted by Crippen LogP contribution is -2.28. The Kier molecular flexibility index (Phi) is 11.3. The van der Waals surface area contributed by atoms with Crippen molar-refractivity contribution in [3.63, 3.8) is 0 Å². The molecule has 0 N–H and O–H groups in total. The van der Waals surface area contributed by atoms with Gasteiger partial charge in [-0.05, 0) is 60.8 Å². The standard InChI is InChI=1S/C27H36N2O3S2/c1-7-8-13-33-17-23(16-31-22-11-9-21(10-12-22)27(4,5)6)32-25(30)18-34-26-24(15-28)19(2)14-20(3)29-26/h9-12,14,23H,7-8,13,16-18H2,1-6H3. The number of thioether (sulfide) groups is 2. The third-order valence-corrected chi connectivity index (χ3v) is 7.28. The topological polar surface area (TPSA) is 72.2 Å². The number of aromatic nitrogens is 1. The third-order valence-electron chi connectivity index (χ3n) is 5.15. The van der Waals surface area contributed by atoms with Gasteiger partial charge in [0.25, 0.3) is 0 Å². The summed E-state index contributed by atoms with van der Waals surface area (Å²) in [4.78, 5) is 17.1. The molecule has 0 fully saturated rings. The highest BCUT2D eigenvalue weighted by atomic mass is 32.2. The van der Waals surface area contributed by atoms with Crippen LogP contribution in [0, 0.1) is 25.2 Å². The van der Waals surface area contributed by atoms with E-state index in [4.69, 9.17) is 9.47 Å². The Morgan fingerprint density at radius 2 is 1.91 bits per heavy atom. The number of benzene rings is 1. The van der Waals surface area contributed by atoms with Crippen molar-refractivity contribution in [2.24, 2.45) is 0 Å². The first-order chi connectivity index (χ1) is 16.1. The van der Waals surface area contributed by atoms with Crippen LogP contribution in [0.1, 0.15) is 62.9 Å². The van der Waals surface area contributed by atoms with E-state index in [1.165, 1.54) is 17.3 Å². The summed E-state index contributed by atoms with van der Waals surface area (Å²) in [5.74, 6) is 2.24. The maximum absolute atomic E-state index is 12.6. The van der Waals surface area contributed by atoms with Gasteiger partial charge in [0, 0.05) is 11.4 Å². The minimum absolute atomic E-state index is 0.0836. The van der Waals surface area contributed by atoms with E-state index >= 15 is 0 Å². The minimum Gasteiger partial charge on any atom is -0.490 e. The molecule has 2 rings (SSSR count). The number of hydrogen-bond donors (Lipinski definition) is 0. The molecule has 184 valence electrons. The normalized spacial score (nSPS) is 12.1. The molecule has 0 aliphatic rings. The van der Waals surface area contributed by atoms with Crippen LogP contribution in [0.2, 0.25) is 0 Å². The van der Waals surface area contributed by atoms with Gasteiger partial charge in [-0.3, -0.25) is 4.79 Å². The second-order valence-corrected chi connectivity index (χ2v) is 11.4. The van der Waals surface area contributed by atoms with Crippen molar-refractivity contribution in [3.05, 3.63) is 52.7 Å². The number of ether oxygens (including phenoxy) is 2. The zero-order chi connectivity index (χ0) is 25.1. The lowest BCUT2D eigenvalue weighted by atomic mass is 9.87. The first kappa shape index (κ1) is 28.1. The molecule has 2 aromatic rings. The molecule has 0 saturated heterocycles.